The summed E-state index contributed by atoms with van der Waals surface area (Å²) in [6, 6.07) is 9.19. The number of rotatable bonds is 6. The molecule has 0 unspecified atom stereocenters. The molecule has 0 aliphatic carbocycles. The van der Waals surface area contributed by atoms with E-state index in [2.05, 4.69) is 11.9 Å². The molecule has 0 amide bonds. The lowest BCUT2D eigenvalue weighted by Crippen LogP contribution is -2.11. The minimum Gasteiger partial charge on any atom is -0.493 e. The molecule has 0 N–H and O–H groups in total. The van der Waals surface area contributed by atoms with Crippen molar-refractivity contribution in [3.63, 3.8) is 0 Å². The van der Waals surface area contributed by atoms with Gasteiger partial charge in [-0.25, -0.2) is 0 Å². The van der Waals surface area contributed by atoms with Gasteiger partial charge in [-0.15, -0.1) is 0 Å². The molecular weight excluding hydrogens is 342 g/mol. The van der Waals surface area contributed by atoms with Crippen LogP contribution in [0.3, 0.4) is 0 Å². The molecule has 1 heterocycles. The Labute approximate surface area is 152 Å². The average molecular weight is 362 g/mol. The maximum Gasteiger partial charge on any atom is 0.231 e. The van der Waals surface area contributed by atoms with Gasteiger partial charge in [0.2, 0.25) is 6.79 Å². The molecule has 0 aromatic heterocycles. The summed E-state index contributed by atoms with van der Waals surface area (Å²) < 4.78 is 21.9. The van der Waals surface area contributed by atoms with Gasteiger partial charge >= 0.3 is 0 Å². The van der Waals surface area contributed by atoms with E-state index < -0.39 is 0 Å². The third kappa shape index (κ3) is 3.99. The molecule has 0 fully saturated rings. The van der Waals surface area contributed by atoms with Gasteiger partial charge < -0.3 is 18.9 Å². The molecule has 2 aromatic rings. The molecule has 25 heavy (non-hydrogen) atoms. The number of hydrogen-bond acceptors (Lipinski definition) is 5. The van der Waals surface area contributed by atoms with Crippen molar-refractivity contribution in [1.29, 1.82) is 0 Å². The predicted octanol–water partition coefficient (Wildman–Crippen LogP) is 5.01. The number of halogens is 1. The molecule has 0 bridgehead atoms. The highest BCUT2D eigenvalue weighted by Crippen LogP contribution is 2.38. The van der Waals surface area contributed by atoms with Gasteiger partial charge in [0.05, 0.1) is 23.9 Å². The summed E-state index contributed by atoms with van der Waals surface area (Å²) in [7, 11) is 1.59. The number of ether oxygens (including phenoxy) is 4. The van der Waals surface area contributed by atoms with Crippen LogP contribution in [0.4, 0.5) is 5.69 Å². The zero-order valence-corrected chi connectivity index (χ0v) is 15.2. The van der Waals surface area contributed by atoms with E-state index in [-0.39, 0.29) is 12.9 Å². The number of methoxy groups -OCH3 is 1. The van der Waals surface area contributed by atoms with E-state index in [1.54, 1.807) is 19.4 Å². The van der Waals surface area contributed by atoms with Crippen molar-refractivity contribution in [3.8, 4) is 23.0 Å². The van der Waals surface area contributed by atoms with Crippen molar-refractivity contribution in [2.75, 3.05) is 13.9 Å². The monoisotopic (exact) mass is 361 g/mol. The van der Waals surface area contributed by atoms with Crippen LogP contribution in [0.15, 0.2) is 35.3 Å². The van der Waals surface area contributed by atoms with Crippen molar-refractivity contribution in [2.45, 2.75) is 26.4 Å². The van der Waals surface area contributed by atoms with E-state index in [0.717, 1.165) is 23.4 Å². The summed E-state index contributed by atoms with van der Waals surface area (Å²) in [5, 5.41) is 0.492. The summed E-state index contributed by atoms with van der Waals surface area (Å²) in [5.41, 5.74) is 1.58. The lowest BCUT2D eigenvalue weighted by atomic mass is 10.2. The van der Waals surface area contributed by atoms with Crippen LogP contribution in [0.1, 0.15) is 25.8 Å². The van der Waals surface area contributed by atoms with Crippen molar-refractivity contribution in [1.82, 2.24) is 0 Å². The molecule has 1 aliphatic heterocycles. The first kappa shape index (κ1) is 17.4. The number of nitrogens with zero attached hydrogens (tertiary/aromatic N) is 1. The third-order valence-electron chi connectivity index (χ3n) is 3.86. The van der Waals surface area contributed by atoms with E-state index >= 15 is 0 Å². The van der Waals surface area contributed by atoms with Gasteiger partial charge in [0, 0.05) is 12.3 Å². The highest BCUT2D eigenvalue weighted by Gasteiger charge is 2.15. The van der Waals surface area contributed by atoms with Crippen molar-refractivity contribution in [2.24, 2.45) is 4.99 Å². The molecule has 3 rings (SSSR count). The Bertz CT molecular complexity index is 791. The summed E-state index contributed by atoms with van der Waals surface area (Å²) in [6.07, 6.45) is 2.66. The molecule has 2 aromatic carbocycles. The van der Waals surface area contributed by atoms with Gasteiger partial charge in [0.1, 0.15) is 0 Å². The standard InChI is InChI=1S/C19H20ClNO4/c1-4-12(2)25-19-15(20)7-13(8-18(19)22-3)10-21-14-5-6-16-17(9-14)24-11-23-16/h5-10,12H,4,11H2,1-3H3/t12-/m1/s1. The van der Waals surface area contributed by atoms with Gasteiger partial charge in [-0.3, -0.25) is 4.99 Å². The molecule has 0 saturated heterocycles. The quantitative estimate of drug-likeness (QED) is 0.679. The number of fused-ring (bicyclic) bond motifs is 1. The molecule has 0 radical (unpaired) electrons. The Balaban J connectivity index is 1.84. The van der Waals surface area contributed by atoms with E-state index in [4.69, 9.17) is 30.5 Å². The molecule has 1 atom stereocenters. The first-order valence-corrected chi connectivity index (χ1v) is 8.46. The van der Waals surface area contributed by atoms with E-state index in [1.165, 1.54) is 0 Å². The second-order valence-electron chi connectivity index (χ2n) is 5.67. The second kappa shape index (κ2) is 7.66. The maximum atomic E-state index is 6.37. The SMILES string of the molecule is CC[C@@H](C)Oc1c(Cl)cc(C=Nc2ccc3c(c2)OCO3)cc1OC. The fourth-order valence-corrected chi connectivity index (χ4v) is 2.59. The normalized spacial score (nSPS) is 13.9. The first-order valence-electron chi connectivity index (χ1n) is 8.08. The van der Waals surface area contributed by atoms with Crippen LogP contribution < -0.4 is 18.9 Å². The lowest BCUT2D eigenvalue weighted by Gasteiger charge is -2.17. The molecular formula is C19H20ClNO4. The molecule has 0 spiro atoms. The summed E-state index contributed by atoms with van der Waals surface area (Å²) in [5.74, 6) is 2.57. The Morgan fingerprint density at radius 3 is 2.80 bits per heavy atom. The van der Waals surface area contributed by atoms with Crippen LogP contribution in [-0.4, -0.2) is 26.2 Å². The van der Waals surface area contributed by atoms with Crippen LogP contribution in [-0.2, 0) is 0 Å². The summed E-state index contributed by atoms with van der Waals surface area (Å²) in [4.78, 5) is 4.46. The van der Waals surface area contributed by atoms with Crippen molar-refractivity contribution >= 4 is 23.5 Å². The van der Waals surface area contributed by atoms with Gasteiger partial charge in [-0.2, -0.15) is 0 Å². The predicted molar refractivity (Wildman–Crippen MR) is 98.2 cm³/mol. The average Bonchev–Trinajstić information content (AvgIpc) is 3.09. The Morgan fingerprint density at radius 2 is 2.04 bits per heavy atom. The maximum absolute atomic E-state index is 6.37. The van der Waals surface area contributed by atoms with E-state index in [9.17, 15) is 0 Å². The Hall–Kier alpha value is -2.40. The summed E-state index contributed by atoms with van der Waals surface area (Å²) >= 11 is 6.37. The molecule has 1 aliphatic rings. The minimum absolute atomic E-state index is 0.0551. The van der Waals surface area contributed by atoms with Crippen molar-refractivity contribution in [3.05, 3.63) is 40.9 Å². The van der Waals surface area contributed by atoms with Gasteiger partial charge in [-0.05, 0) is 43.2 Å². The Kier molecular flexibility index (Phi) is 5.34. The summed E-state index contributed by atoms with van der Waals surface area (Å²) in [6.45, 7) is 4.29. The highest BCUT2D eigenvalue weighted by atomic mass is 35.5. The second-order valence-corrected chi connectivity index (χ2v) is 6.07. The molecule has 132 valence electrons. The highest BCUT2D eigenvalue weighted by molar-refractivity contribution is 6.32. The van der Waals surface area contributed by atoms with Crippen molar-refractivity contribution < 1.29 is 18.9 Å². The number of hydrogen-bond donors (Lipinski definition) is 0. The zero-order chi connectivity index (χ0) is 17.8. The van der Waals surface area contributed by atoms with Gasteiger partial charge in [0.15, 0.2) is 23.0 Å². The van der Waals surface area contributed by atoms with Gasteiger partial charge in [-0.1, -0.05) is 18.5 Å². The van der Waals surface area contributed by atoms with E-state index in [0.29, 0.717) is 22.3 Å². The largest absolute Gasteiger partial charge is 0.493 e. The van der Waals surface area contributed by atoms with Crippen LogP contribution in [0.5, 0.6) is 23.0 Å². The van der Waals surface area contributed by atoms with Crippen LogP contribution >= 0.6 is 11.6 Å². The first-order chi connectivity index (χ1) is 12.1. The fraction of sp³-hybridized carbons (Fsp3) is 0.316. The molecule has 6 heteroatoms. The van der Waals surface area contributed by atoms with Gasteiger partial charge in [0.25, 0.3) is 0 Å². The molecule has 5 nitrogen and oxygen atoms in total. The molecule has 0 saturated carbocycles. The van der Waals surface area contributed by atoms with Crippen LogP contribution in [0, 0.1) is 0 Å². The van der Waals surface area contributed by atoms with Crippen LogP contribution in [0.25, 0.3) is 0 Å². The Morgan fingerprint density at radius 1 is 1.24 bits per heavy atom. The zero-order valence-electron chi connectivity index (χ0n) is 14.4. The van der Waals surface area contributed by atoms with E-state index in [1.807, 2.05) is 31.2 Å². The lowest BCUT2D eigenvalue weighted by molar-refractivity contribution is 0.174. The van der Waals surface area contributed by atoms with Crippen LogP contribution in [0.2, 0.25) is 5.02 Å². The fourth-order valence-electron chi connectivity index (χ4n) is 2.33. The number of aliphatic imine (C=N–C) groups is 1. The topological polar surface area (TPSA) is 49.3 Å². The minimum atomic E-state index is 0.0551. The smallest absolute Gasteiger partial charge is 0.231 e. The number of benzene rings is 2. The third-order valence-corrected chi connectivity index (χ3v) is 4.15.